The van der Waals surface area contributed by atoms with Crippen LogP contribution in [0.2, 0.25) is 0 Å². The van der Waals surface area contributed by atoms with Crippen molar-refractivity contribution in [1.29, 1.82) is 0 Å². The Kier molecular flexibility index (Phi) is 75.8. The van der Waals surface area contributed by atoms with E-state index in [-0.39, 0.29) is 18.5 Å². The van der Waals surface area contributed by atoms with Gasteiger partial charge in [-0.15, -0.1) is 0 Å². The molecule has 2 unspecified atom stereocenters. The van der Waals surface area contributed by atoms with E-state index in [0.717, 1.165) is 51.4 Å². The van der Waals surface area contributed by atoms with Crippen molar-refractivity contribution in [2.24, 2.45) is 0 Å². The fourth-order valence-electron chi connectivity index (χ4n) is 12.8. The van der Waals surface area contributed by atoms with E-state index in [4.69, 9.17) is 4.74 Å². The lowest BCUT2D eigenvalue weighted by Crippen LogP contribution is -2.45. The molecule has 88 heavy (non-hydrogen) atoms. The van der Waals surface area contributed by atoms with Gasteiger partial charge in [0.05, 0.1) is 25.4 Å². The fraction of sp³-hybridized carbons (Fsp3) is 0.902. The van der Waals surface area contributed by atoms with E-state index in [1.807, 2.05) is 6.08 Å². The van der Waals surface area contributed by atoms with Gasteiger partial charge in [0.25, 0.3) is 0 Å². The second-order valence-corrected chi connectivity index (χ2v) is 27.8. The Morgan fingerprint density at radius 2 is 0.568 bits per heavy atom. The summed E-state index contributed by atoms with van der Waals surface area (Å²) in [5.41, 5.74) is 0. The second kappa shape index (κ2) is 77.5. The standard InChI is InChI=1S/C82H157NO5/c1-3-5-7-9-11-13-15-17-19-21-23-35-39-42-46-50-54-58-62-66-70-74-80(85)79(78-84)83-81(86)75-71-67-63-59-55-51-47-43-40-36-33-31-29-27-25-24-26-28-30-32-34-37-41-45-49-53-57-61-65-69-73-77-88-82(87)76-72-68-64-60-56-52-48-44-38-22-20-18-16-14-12-10-8-6-4-2/h12,14,18,20,70,74,79-80,84-85H,3-11,13,15-17,19,21-69,71-73,75-78H2,1-2H3,(H,83,86)/b14-12-,20-18-,74-70+. The Hall–Kier alpha value is -1.92. The van der Waals surface area contributed by atoms with Crippen molar-refractivity contribution in [2.75, 3.05) is 13.2 Å². The van der Waals surface area contributed by atoms with Crippen molar-refractivity contribution in [3.63, 3.8) is 0 Å². The van der Waals surface area contributed by atoms with Crippen molar-refractivity contribution in [1.82, 2.24) is 5.32 Å². The molecule has 0 saturated carbocycles. The fourth-order valence-corrected chi connectivity index (χ4v) is 12.8. The summed E-state index contributed by atoms with van der Waals surface area (Å²) in [7, 11) is 0. The summed E-state index contributed by atoms with van der Waals surface area (Å²) < 4.78 is 5.52. The molecule has 0 aromatic rings. The van der Waals surface area contributed by atoms with Gasteiger partial charge in [-0.2, -0.15) is 0 Å². The minimum Gasteiger partial charge on any atom is -0.466 e. The first-order chi connectivity index (χ1) is 43.5. The number of rotatable bonds is 76. The minimum atomic E-state index is -0.843. The molecular weight excluding hydrogens is 1080 g/mol. The number of carbonyl (C=O) groups excluding carboxylic acids is 2. The molecule has 0 spiro atoms. The zero-order valence-corrected chi connectivity index (χ0v) is 59.7. The molecule has 0 saturated heterocycles. The normalized spacial score (nSPS) is 12.6. The lowest BCUT2D eigenvalue weighted by Gasteiger charge is -2.20. The van der Waals surface area contributed by atoms with E-state index < -0.39 is 12.1 Å². The first kappa shape index (κ1) is 86.1. The highest BCUT2D eigenvalue weighted by Gasteiger charge is 2.18. The van der Waals surface area contributed by atoms with Crippen LogP contribution in [-0.2, 0) is 14.3 Å². The number of aliphatic hydroxyl groups is 2. The van der Waals surface area contributed by atoms with Gasteiger partial charge in [0, 0.05) is 12.8 Å². The molecule has 6 nitrogen and oxygen atoms in total. The zero-order valence-electron chi connectivity index (χ0n) is 59.7. The number of hydrogen-bond donors (Lipinski definition) is 3. The first-order valence-electron chi connectivity index (χ1n) is 40.3. The molecule has 0 aliphatic heterocycles. The number of nitrogens with one attached hydrogen (secondary N) is 1. The van der Waals surface area contributed by atoms with Gasteiger partial charge in [-0.25, -0.2) is 0 Å². The van der Waals surface area contributed by atoms with Crippen molar-refractivity contribution >= 4 is 11.9 Å². The molecule has 0 aromatic carbocycles. The highest BCUT2D eigenvalue weighted by atomic mass is 16.5. The van der Waals surface area contributed by atoms with E-state index in [2.05, 4.69) is 43.5 Å². The lowest BCUT2D eigenvalue weighted by molar-refractivity contribution is -0.143. The van der Waals surface area contributed by atoms with Crippen LogP contribution in [-0.4, -0.2) is 47.4 Å². The van der Waals surface area contributed by atoms with E-state index in [1.165, 1.54) is 372 Å². The van der Waals surface area contributed by atoms with E-state index in [9.17, 15) is 19.8 Å². The van der Waals surface area contributed by atoms with Crippen LogP contribution in [0.5, 0.6) is 0 Å². The molecule has 0 fully saturated rings. The van der Waals surface area contributed by atoms with Crippen molar-refractivity contribution < 1.29 is 24.5 Å². The molecule has 1 amide bonds. The number of hydrogen-bond acceptors (Lipinski definition) is 5. The lowest BCUT2D eigenvalue weighted by atomic mass is 10.0. The van der Waals surface area contributed by atoms with Gasteiger partial charge in [0.2, 0.25) is 5.91 Å². The van der Waals surface area contributed by atoms with Crippen LogP contribution >= 0.6 is 0 Å². The average molecular weight is 1240 g/mol. The predicted octanol–water partition coefficient (Wildman–Crippen LogP) is 26.6. The molecule has 520 valence electrons. The van der Waals surface area contributed by atoms with E-state index >= 15 is 0 Å². The van der Waals surface area contributed by atoms with Crippen LogP contribution in [0.25, 0.3) is 0 Å². The zero-order chi connectivity index (χ0) is 63.5. The van der Waals surface area contributed by atoms with Gasteiger partial charge in [0.15, 0.2) is 0 Å². The molecule has 0 aliphatic carbocycles. The van der Waals surface area contributed by atoms with E-state index in [1.54, 1.807) is 6.08 Å². The van der Waals surface area contributed by atoms with Gasteiger partial charge < -0.3 is 20.3 Å². The number of carbonyl (C=O) groups is 2. The van der Waals surface area contributed by atoms with Crippen molar-refractivity contribution in [3.05, 3.63) is 36.5 Å². The predicted molar refractivity (Wildman–Crippen MR) is 389 cm³/mol. The SMILES string of the molecule is CCCCC/C=C\C/C=C\CCCCCCCCCCCC(=O)OCCCCCCCCCCCCCCCCCCCCCCCCCCCCCCCCCC(=O)NC(CO)C(O)/C=C/CCCCCCCCCCCCCCCCCCCCC. The average Bonchev–Trinajstić information content (AvgIpc) is 3.57. The first-order valence-corrected chi connectivity index (χ1v) is 40.3. The topological polar surface area (TPSA) is 95.9 Å². The van der Waals surface area contributed by atoms with Gasteiger partial charge in [-0.1, -0.05) is 410 Å². The molecule has 0 bridgehead atoms. The third kappa shape index (κ3) is 73.1. The highest BCUT2D eigenvalue weighted by molar-refractivity contribution is 5.76. The second-order valence-electron chi connectivity index (χ2n) is 27.8. The summed E-state index contributed by atoms with van der Waals surface area (Å²) >= 11 is 0. The number of unbranched alkanes of at least 4 members (excludes halogenated alkanes) is 61. The van der Waals surface area contributed by atoms with Crippen LogP contribution in [0.15, 0.2) is 36.5 Å². The maximum absolute atomic E-state index is 12.5. The maximum atomic E-state index is 12.5. The Balaban J connectivity index is 3.34. The number of amides is 1. The molecule has 3 N–H and O–H groups in total. The molecule has 0 radical (unpaired) electrons. The number of esters is 1. The third-order valence-electron chi connectivity index (χ3n) is 18.9. The summed E-state index contributed by atoms with van der Waals surface area (Å²) in [5, 5.41) is 23.3. The summed E-state index contributed by atoms with van der Waals surface area (Å²) in [6, 6.07) is -0.626. The maximum Gasteiger partial charge on any atom is 0.305 e. The number of allylic oxidation sites excluding steroid dienone is 5. The van der Waals surface area contributed by atoms with Crippen LogP contribution in [0.1, 0.15) is 450 Å². The number of aliphatic hydroxyl groups excluding tert-OH is 2. The van der Waals surface area contributed by atoms with Gasteiger partial charge >= 0.3 is 5.97 Å². The summed E-state index contributed by atoms with van der Waals surface area (Å²) in [5.74, 6) is -0.0417. The Labute approximate surface area is 551 Å². The van der Waals surface area contributed by atoms with Crippen LogP contribution in [0.4, 0.5) is 0 Å². The summed E-state index contributed by atoms with van der Waals surface area (Å²) in [6.07, 6.45) is 101. The Morgan fingerprint density at radius 1 is 0.318 bits per heavy atom. The molecule has 0 heterocycles. The minimum absolute atomic E-state index is 0.0174. The molecule has 2 atom stereocenters. The van der Waals surface area contributed by atoms with Gasteiger partial charge in [-0.05, 0) is 64.2 Å². The smallest absolute Gasteiger partial charge is 0.305 e. The summed E-state index contributed by atoms with van der Waals surface area (Å²) in [6.45, 7) is 4.93. The Bertz CT molecular complexity index is 1430. The molecule has 6 heteroatoms. The Morgan fingerprint density at radius 3 is 0.886 bits per heavy atom. The van der Waals surface area contributed by atoms with Crippen LogP contribution in [0.3, 0.4) is 0 Å². The molecule has 0 aromatic heterocycles. The van der Waals surface area contributed by atoms with Crippen molar-refractivity contribution in [3.8, 4) is 0 Å². The molecular formula is C82H157NO5. The van der Waals surface area contributed by atoms with Gasteiger partial charge in [-0.3, -0.25) is 9.59 Å². The monoisotopic (exact) mass is 1240 g/mol. The third-order valence-corrected chi connectivity index (χ3v) is 18.9. The van der Waals surface area contributed by atoms with Crippen LogP contribution < -0.4 is 5.32 Å². The van der Waals surface area contributed by atoms with E-state index in [0.29, 0.717) is 19.4 Å². The van der Waals surface area contributed by atoms with Crippen molar-refractivity contribution in [2.45, 2.75) is 463 Å². The van der Waals surface area contributed by atoms with Crippen LogP contribution in [0, 0.1) is 0 Å². The highest BCUT2D eigenvalue weighted by Crippen LogP contribution is 2.20. The largest absolute Gasteiger partial charge is 0.466 e. The quantitative estimate of drug-likeness (QED) is 0.0320. The molecule has 0 rings (SSSR count). The number of ether oxygens (including phenoxy) is 1. The van der Waals surface area contributed by atoms with Gasteiger partial charge in [0.1, 0.15) is 0 Å². The summed E-state index contributed by atoms with van der Waals surface area (Å²) in [4.78, 5) is 24.7. The molecule has 0 aliphatic rings.